The predicted molar refractivity (Wildman–Crippen MR) is 222 cm³/mol. The first-order valence-electron chi connectivity index (χ1n) is 19.7. The Balaban J connectivity index is 2.04. The van der Waals surface area contributed by atoms with Crippen molar-refractivity contribution in [3.63, 3.8) is 0 Å². The maximum atomic E-state index is 15.2. The number of sulfone groups is 1. The number of pyridine rings is 1. The van der Waals surface area contributed by atoms with Gasteiger partial charge in [0.15, 0.2) is 11.6 Å². The minimum Gasteiger partial charge on any atom is -0.390 e. The molecule has 0 aliphatic heterocycles. The Morgan fingerprint density at radius 3 is 2.02 bits per heavy atom. The molecule has 0 aliphatic carbocycles. The van der Waals surface area contributed by atoms with E-state index in [0.717, 1.165) is 11.6 Å². The maximum Gasteiger partial charge on any atom is 0.237 e. The fraction of sp³-hybridized carbons (Fsp3) is 0.455. The number of benzene rings is 3. The van der Waals surface area contributed by atoms with Crippen LogP contribution in [0.3, 0.4) is 0 Å². The summed E-state index contributed by atoms with van der Waals surface area (Å²) in [5.74, 6) is -3.83. The molecule has 0 saturated carbocycles. The molecule has 7 atom stereocenters. The fourth-order valence-corrected chi connectivity index (χ4v) is 8.73. The summed E-state index contributed by atoms with van der Waals surface area (Å²) in [5.41, 5.74) is 18.6. The van der Waals surface area contributed by atoms with Crippen LogP contribution in [0, 0.1) is 23.7 Å². The highest BCUT2D eigenvalue weighted by atomic mass is 32.2. The van der Waals surface area contributed by atoms with Crippen molar-refractivity contribution >= 4 is 38.1 Å². The predicted octanol–water partition coefficient (Wildman–Crippen LogP) is 4.75. The minimum atomic E-state index is -4.77. The minimum absolute atomic E-state index is 0.0596. The number of nitrogens with two attached hydrogens (primary N) is 3. The molecule has 0 aliphatic rings. The highest BCUT2D eigenvalue weighted by Gasteiger charge is 2.41. The summed E-state index contributed by atoms with van der Waals surface area (Å²) in [4.78, 5) is 46.6. The molecular formula is C44H59N5O7S. The summed E-state index contributed by atoms with van der Waals surface area (Å²) in [5, 5.41) is 27.2. The maximum absolute atomic E-state index is 15.2. The summed E-state index contributed by atoms with van der Waals surface area (Å²) in [6.45, 7) is 10.9. The van der Waals surface area contributed by atoms with Crippen LogP contribution >= 0.6 is 0 Å². The van der Waals surface area contributed by atoms with E-state index >= 15 is 13.2 Å². The van der Waals surface area contributed by atoms with Crippen LogP contribution in [0.25, 0.3) is 10.8 Å². The third-order valence-electron chi connectivity index (χ3n) is 10.6. The van der Waals surface area contributed by atoms with Gasteiger partial charge in [0.25, 0.3) is 0 Å². The molecule has 1 aromatic heterocycles. The van der Waals surface area contributed by atoms with E-state index < -0.39 is 86.1 Å². The molecule has 1 heterocycles. The Morgan fingerprint density at radius 1 is 0.789 bits per heavy atom. The van der Waals surface area contributed by atoms with Crippen molar-refractivity contribution in [3.05, 3.63) is 101 Å². The molecule has 0 spiro atoms. The Hall–Kier alpha value is -4.37. The van der Waals surface area contributed by atoms with E-state index in [1.54, 1.807) is 48.5 Å². The van der Waals surface area contributed by atoms with Gasteiger partial charge in [0.2, 0.25) is 15.7 Å². The Morgan fingerprint density at radius 2 is 1.40 bits per heavy atom. The Labute approximate surface area is 336 Å². The van der Waals surface area contributed by atoms with E-state index in [1.807, 2.05) is 53.7 Å². The van der Waals surface area contributed by atoms with Crippen LogP contribution in [-0.4, -0.2) is 71.4 Å². The molecule has 3 aromatic carbocycles. The van der Waals surface area contributed by atoms with Crippen molar-refractivity contribution in [1.82, 2.24) is 10.3 Å². The van der Waals surface area contributed by atoms with Gasteiger partial charge in [-0.15, -0.1) is 0 Å². The van der Waals surface area contributed by atoms with Crippen molar-refractivity contribution < 1.29 is 33.0 Å². The van der Waals surface area contributed by atoms with Gasteiger partial charge in [-0.2, -0.15) is 0 Å². The summed E-state index contributed by atoms with van der Waals surface area (Å²) in [6.07, 6.45) is -1.23. The SMILES string of the molecule is CC[C@@H](C)[C@H](N)C(=O)NCc1ncc(C(=O)C(Cc2ccccc2)C(O)C(O)[C@@H](N)CC(C)C)c(S(=O)(=O)c2ccc3ccccc3c2)c1C(=O)[C@@H](N)CC(C)C. The molecule has 0 bridgehead atoms. The first kappa shape index (κ1) is 45.3. The van der Waals surface area contributed by atoms with Crippen LogP contribution < -0.4 is 22.5 Å². The summed E-state index contributed by atoms with van der Waals surface area (Å²) in [7, 11) is -4.77. The lowest BCUT2D eigenvalue weighted by atomic mass is 9.82. The first-order chi connectivity index (χ1) is 26.9. The second-order valence-corrected chi connectivity index (χ2v) is 17.9. The van der Waals surface area contributed by atoms with E-state index in [0.29, 0.717) is 23.8 Å². The van der Waals surface area contributed by atoms with Gasteiger partial charge in [-0.3, -0.25) is 19.4 Å². The number of aliphatic hydroxyl groups excluding tert-OH is 2. The number of carbonyl (C=O) groups excluding carboxylic acids is 3. The molecule has 12 nitrogen and oxygen atoms in total. The van der Waals surface area contributed by atoms with Crippen molar-refractivity contribution in [1.29, 1.82) is 0 Å². The smallest absolute Gasteiger partial charge is 0.237 e. The molecule has 4 rings (SSSR count). The van der Waals surface area contributed by atoms with Crippen molar-refractivity contribution in [2.45, 2.75) is 114 Å². The number of hydrogen-bond donors (Lipinski definition) is 6. The van der Waals surface area contributed by atoms with Crippen molar-refractivity contribution in [3.8, 4) is 0 Å². The van der Waals surface area contributed by atoms with Crippen LogP contribution in [0.5, 0.6) is 0 Å². The number of Topliss-reactive ketones (excluding diaryl/α,β-unsaturated/α-hetero) is 2. The van der Waals surface area contributed by atoms with Crippen LogP contribution in [0.2, 0.25) is 0 Å². The van der Waals surface area contributed by atoms with Crippen molar-refractivity contribution in [2.75, 3.05) is 0 Å². The number of nitrogens with zero attached hydrogens (tertiary/aromatic N) is 1. The fourth-order valence-electron chi connectivity index (χ4n) is 7.04. The number of aliphatic hydroxyl groups is 2. The number of ketones is 2. The summed E-state index contributed by atoms with van der Waals surface area (Å²) >= 11 is 0. The Kier molecular flexibility index (Phi) is 15.8. The molecule has 0 saturated heterocycles. The normalized spacial score (nSPS) is 15.8. The van der Waals surface area contributed by atoms with Crippen molar-refractivity contribution in [2.24, 2.45) is 40.9 Å². The number of hydrogen-bond acceptors (Lipinski definition) is 11. The standard InChI is InChI=1S/C44H59N5O7S/c1-7-27(6)38(47)44(54)49-24-36-37(41(52)34(45)19-25(2)3)43(57(55,56)31-18-17-29-15-11-12-16-30(29)22-31)33(23-48-36)39(50)32(21-28-13-9-8-10-14-28)40(51)42(53)35(46)20-26(4)5/h8-18,22-23,25-27,32,34-35,38,40,42,51,53H,7,19-21,24,45-47H2,1-6H3,(H,49,54)/t27-,32?,34+,35+,38+,40?,42?/m1/s1. The lowest BCUT2D eigenvalue weighted by Gasteiger charge is -2.31. The molecule has 4 aromatic rings. The summed E-state index contributed by atoms with van der Waals surface area (Å²) < 4.78 is 30.4. The van der Waals surface area contributed by atoms with Gasteiger partial charge < -0.3 is 32.7 Å². The zero-order valence-electron chi connectivity index (χ0n) is 33.8. The first-order valence-corrected chi connectivity index (χ1v) is 21.2. The molecule has 9 N–H and O–H groups in total. The second-order valence-electron chi connectivity index (χ2n) is 16.0. The topological polar surface area (TPSA) is 229 Å². The number of carbonyl (C=O) groups is 3. The second kappa shape index (κ2) is 19.9. The lowest BCUT2D eigenvalue weighted by Crippen LogP contribution is -2.49. The quantitative estimate of drug-likeness (QED) is 0.0669. The molecular weight excluding hydrogens is 743 g/mol. The van der Waals surface area contributed by atoms with E-state index in [1.165, 1.54) is 12.1 Å². The molecule has 13 heteroatoms. The largest absolute Gasteiger partial charge is 0.390 e. The number of amides is 1. The van der Waals surface area contributed by atoms with E-state index in [-0.39, 0.29) is 41.2 Å². The highest BCUT2D eigenvalue weighted by molar-refractivity contribution is 7.91. The van der Waals surface area contributed by atoms with E-state index in [9.17, 15) is 19.8 Å². The van der Waals surface area contributed by atoms with Gasteiger partial charge in [0.1, 0.15) is 0 Å². The third kappa shape index (κ3) is 11.0. The number of rotatable bonds is 20. The van der Waals surface area contributed by atoms with E-state index in [4.69, 9.17) is 17.2 Å². The molecule has 0 fully saturated rings. The monoisotopic (exact) mass is 801 g/mol. The van der Waals surface area contributed by atoms with Gasteiger partial charge in [0.05, 0.1) is 63.4 Å². The molecule has 308 valence electrons. The zero-order valence-corrected chi connectivity index (χ0v) is 34.6. The third-order valence-corrected chi connectivity index (χ3v) is 12.4. The van der Waals surface area contributed by atoms with Gasteiger partial charge >= 0.3 is 0 Å². The Bertz CT molecular complexity index is 2130. The molecule has 1 amide bonds. The van der Waals surface area contributed by atoms with Crippen LogP contribution in [0.1, 0.15) is 92.8 Å². The highest BCUT2D eigenvalue weighted by Crippen LogP contribution is 2.35. The van der Waals surface area contributed by atoms with Gasteiger partial charge in [0, 0.05) is 12.2 Å². The van der Waals surface area contributed by atoms with Crippen LogP contribution in [-0.2, 0) is 27.6 Å². The van der Waals surface area contributed by atoms with Crippen LogP contribution in [0.15, 0.2) is 88.8 Å². The molecule has 0 radical (unpaired) electrons. The van der Waals surface area contributed by atoms with Crippen LogP contribution in [0.4, 0.5) is 0 Å². The average Bonchev–Trinajstić information content (AvgIpc) is 3.19. The zero-order chi connectivity index (χ0) is 42.2. The average molecular weight is 802 g/mol. The van der Waals surface area contributed by atoms with Gasteiger partial charge in [-0.05, 0) is 65.5 Å². The molecule has 57 heavy (non-hydrogen) atoms. The number of aromatic nitrogens is 1. The number of nitrogens with one attached hydrogen (secondary N) is 1. The summed E-state index contributed by atoms with van der Waals surface area (Å²) in [6, 6.07) is 17.4. The molecule has 3 unspecified atom stereocenters. The number of fused-ring (bicyclic) bond motifs is 1. The van der Waals surface area contributed by atoms with Gasteiger partial charge in [-0.1, -0.05) is 109 Å². The van der Waals surface area contributed by atoms with E-state index in [2.05, 4.69) is 10.3 Å². The van der Waals surface area contributed by atoms with Gasteiger partial charge in [-0.25, -0.2) is 8.42 Å². The lowest BCUT2D eigenvalue weighted by molar-refractivity contribution is -0.123.